The Hall–Kier alpha value is -1.10. The van der Waals surface area contributed by atoms with Crippen LogP contribution in [0, 0.1) is 0 Å². The highest BCUT2D eigenvalue weighted by Crippen LogP contribution is 2.18. The number of hydrogen-bond donors (Lipinski definition) is 1. The minimum Gasteiger partial charge on any atom is -0.318 e. The lowest BCUT2D eigenvalue weighted by Crippen LogP contribution is -2.44. The van der Waals surface area contributed by atoms with Crippen LogP contribution in [0.1, 0.15) is 19.8 Å². The summed E-state index contributed by atoms with van der Waals surface area (Å²) >= 11 is 0. The largest absolute Gasteiger partial charge is 0.318 e. The van der Waals surface area contributed by atoms with Gasteiger partial charge in [-0.05, 0) is 45.5 Å². The van der Waals surface area contributed by atoms with Gasteiger partial charge in [0.05, 0.1) is 6.54 Å². The fourth-order valence-corrected chi connectivity index (χ4v) is 2.94. The smallest absolute Gasteiger partial charge is 0.241 e. The molecule has 0 spiro atoms. The van der Waals surface area contributed by atoms with Crippen molar-refractivity contribution in [1.29, 1.82) is 0 Å². The summed E-state index contributed by atoms with van der Waals surface area (Å²) in [4.78, 5) is 16.7. The molecule has 1 fully saturated rings. The monoisotopic (exact) mass is 311 g/mol. The van der Waals surface area contributed by atoms with Crippen LogP contribution in [0.15, 0.2) is 30.3 Å². The maximum atomic E-state index is 12.5. The second kappa shape index (κ2) is 9.03. The molecule has 1 unspecified atom stereocenters. The molecular weight excluding hydrogens is 286 g/mol. The molecule has 21 heavy (non-hydrogen) atoms. The van der Waals surface area contributed by atoms with Gasteiger partial charge in [0.1, 0.15) is 0 Å². The fraction of sp³-hybridized carbons (Fsp3) is 0.562. The molecule has 1 atom stereocenters. The van der Waals surface area contributed by atoms with E-state index in [9.17, 15) is 4.79 Å². The Kier molecular flexibility index (Phi) is 7.72. The first kappa shape index (κ1) is 18.0. The molecule has 0 radical (unpaired) electrons. The van der Waals surface area contributed by atoms with E-state index in [1.807, 2.05) is 49.2 Å². The molecule has 1 N–H and O–H groups in total. The number of likely N-dealkylation sites (N-methyl/N-ethyl adjacent to an activating group) is 2. The Bertz CT molecular complexity index is 427. The van der Waals surface area contributed by atoms with Crippen molar-refractivity contribution >= 4 is 24.0 Å². The highest BCUT2D eigenvalue weighted by molar-refractivity contribution is 5.94. The molecule has 0 bridgehead atoms. The number of carbonyl (C=O) groups is 1. The van der Waals surface area contributed by atoms with Crippen molar-refractivity contribution in [2.75, 3.05) is 38.1 Å². The number of halogens is 1. The fourth-order valence-electron chi connectivity index (χ4n) is 2.94. The van der Waals surface area contributed by atoms with E-state index in [-0.39, 0.29) is 18.3 Å². The number of amides is 1. The zero-order chi connectivity index (χ0) is 14.4. The molecule has 0 aromatic heterocycles. The summed E-state index contributed by atoms with van der Waals surface area (Å²) in [7, 11) is 1.97. The maximum absolute atomic E-state index is 12.5. The van der Waals surface area contributed by atoms with Crippen LogP contribution < -0.4 is 10.2 Å². The molecular formula is C16H26ClN3O. The Labute approximate surface area is 133 Å². The van der Waals surface area contributed by atoms with Crippen LogP contribution in [-0.2, 0) is 4.79 Å². The zero-order valence-electron chi connectivity index (χ0n) is 12.9. The van der Waals surface area contributed by atoms with Crippen LogP contribution in [-0.4, -0.2) is 50.1 Å². The Morgan fingerprint density at radius 2 is 2.10 bits per heavy atom. The van der Waals surface area contributed by atoms with Gasteiger partial charge in [0.15, 0.2) is 0 Å². The van der Waals surface area contributed by atoms with Crippen molar-refractivity contribution in [1.82, 2.24) is 10.2 Å². The van der Waals surface area contributed by atoms with Crippen molar-refractivity contribution < 1.29 is 4.79 Å². The first-order chi connectivity index (χ1) is 9.76. The van der Waals surface area contributed by atoms with E-state index in [0.717, 1.165) is 18.8 Å². The minimum absolute atomic E-state index is 0. The van der Waals surface area contributed by atoms with E-state index < -0.39 is 0 Å². The number of nitrogens with zero attached hydrogens (tertiary/aromatic N) is 2. The standard InChI is InChI=1S/C16H25N3O.ClH/c1-3-19(14-8-5-4-6-9-14)16(20)13-18-11-7-10-15(18)12-17-2;/h4-6,8-9,15,17H,3,7,10-13H2,1-2H3;1H. The summed E-state index contributed by atoms with van der Waals surface area (Å²) in [6.07, 6.45) is 2.38. The molecule has 1 saturated heterocycles. The quantitative estimate of drug-likeness (QED) is 0.874. The minimum atomic E-state index is 0. The van der Waals surface area contributed by atoms with Crippen LogP contribution in [0.3, 0.4) is 0 Å². The van der Waals surface area contributed by atoms with E-state index in [1.54, 1.807) is 0 Å². The first-order valence-corrected chi connectivity index (χ1v) is 7.50. The molecule has 1 heterocycles. The third kappa shape index (κ3) is 4.70. The predicted octanol–water partition coefficient (Wildman–Crippen LogP) is 2.15. The lowest BCUT2D eigenvalue weighted by molar-refractivity contribution is -0.119. The normalized spacial score (nSPS) is 18.3. The van der Waals surface area contributed by atoms with Crippen LogP contribution in [0.2, 0.25) is 0 Å². The van der Waals surface area contributed by atoms with Crippen LogP contribution in [0.4, 0.5) is 5.69 Å². The number of para-hydroxylation sites is 1. The number of hydrogen-bond acceptors (Lipinski definition) is 3. The van der Waals surface area contributed by atoms with Crippen molar-refractivity contribution in [2.24, 2.45) is 0 Å². The highest BCUT2D eigenvalue weighted by Gasteiger charge is 2.27. The van der Waals surface area contributed by atoms with Gasteiger partial charge in [-0.2, -0.15) is 0 Å². The third-order valence-corrected chi connectivity index (χ3v) is 3.96. The van der Waals surface area contributed by atoms with Gasteiger partial charge in [-0.1, -0.05) is 18.2 Å². The summed E-state index contributed by atoms with van der Waals surface area (Å²) in [5.41, 5.74) is 0.990. The number of rotatable bonds is 6. The number of anilines is 1. The van der Waals surface area contributed by atoms with E-state index in [1.165, 1.54) is 12.8 Å². The summed E-state index contributed by atoms with van der Waals surface area (Å²) in [5.74, 6) is 0.196. The Balaban J connectivity index is 0.00000220. The van der Waals surface area contributed by atoms with Crippen LogP contribution in [0.5, 0.6) is 0 Å². The summed E-state index contributed by atoms with van der Waals surface area (Å²) in [6, 6.07) is 10.4. The van der Waals surface area contributed by atoms with E-state index in [2.05, 4.69) is 10.2 Å². The number of carbonyl (C=O) groups excluding carboxylic acids is 1. The lowest BCUT2D eigenvalue weighted by Gasteiger charge is -2.27. The molecule has 118 valence electrons. The van der Waals surface area contributed by atoms with E-state index in [0.29, 0.717) is 19.1 Å². The molecule has 1 aromatic rings. The summed E-state index contributed by atoms with van der Waals surface area (Å²) in [5, 5.41) is 3.22. The molecule has 5 heteroatoms. The van der Waals surface area contributed by atoms with Crippen LogP contribution in [0.25, 0.3) is 0 Å². The van der Waals surface area contributed by atoms with E-state index in [4.69, 9.17) is 0 Å². The van der Waals surface area contributed by atoms with Gasteiger partial charge in [-0.3, -0.25) is 9.69 Å². The lowest BCUT2D eigenvalue weighted by atomic mass is 10.2. The molecule has 2 rings (SSSR count). The Morgan fingerprint density at radius 3 is 2.71 bits per heavy atom. The van der Waals surface area contributed by atoms with Crippen molar-refractivity contribution in [2.45, 2.75) is 25.8 Å². The van der Waals surface area contributed by atoms with Gasteiger partial charge in [0.25, 0.3) is 0 Å². The molecule has 0 saturated carbocycles. The molecule has 1 aliphatic heterocycles. The van der Waals surface area contributed by atoms with Crippen molar-refractivity contribution in [3.05, 3.63) is 30.3 Å². The number of benzene rings is 1. The molecule has 4 nitrogen and oxygen atoms in total. The van der Waals surface area contributed by atoms with Crippen LogP contribution >= 0.6 is 12.4 Å². The van der Waals surface area contributed by atoms with Gasteiger partial charge < -0.3 is 10.2 Å². The SMILES string of the molecule is CCN(C(=O)CN1CCCC1CNC)c1ccccc1.Cl. The second-order valence-electron chi connectivity index (χ2n) is 5.30. The zero-order valence-corrected chi connectivity index (χ0v) is 13.7. The average molecular weight is 312 g/mol. The third-order valence-electron chi connectivity index (χ3n) is 3.96. The van der Waals surface area contributed by atoms with Gasteiger partial charge in [0, 0.05) is 24.8 Å². The number of likely N-dealkylation sites (tertiary alicyclic amines) is 1. The summed E-state index contributed by atoms with van der Waals surface area (Å²) in [6.45, 7) is 5.26. The second-order valence-corrected chi connectivity index (χ2v) is 5.30. The number of nitrogens with one attached hydrogen (secondary N) is 1. The average Bonchev–Trinajstić information content (AvgIpc) is 2.88. The first-order valence-electron chi connectivity index (χ1n) is 7.50. The molecule has 0 aliphatic carbocycles. The van der Waals surface area contributed by atoms with E-state index >= 15 is 0 Å². The summed E-state index contributed by atoms with van der Waals surface area (Å²) < 4.78 is 0. The van der Waals surface area contributed by atoms with Gasteiger partial charge in [-0.15, -0.1) is 12.4 Å². The molecule has 1 aromatic carbocycles. The van der Waals surface area contributed by atoms with Gasteiger partial charge in [-0.25, -0.2) is 0 Å². The van der Waals surface area contributed by atoms with Crippen molar-refractivity contribution in [3.63, 3.8) is 0 Å². The topological polar surface area (TPSA) is 35.6 Å². The molecule has 1 aliphatic rings. The Morgan fingerprint density at radius 1 is 1.38 bits per heavy atom. The highest BCUT2D eigenvalue weighted by atomic mass is 35.5. The van der Waals surface area contributed by atoms with Gasteiger partial charge in [0.2, 0.25) is 5.91 Å². The van der Waals surface area contributed by atoms with Gasteiger partial charge >= 0.3 is 0 Å². The maximum Gasteiger partial charge on any atom is 0.241 e. The predicted molar refractivity (Wildman–Crippen MR) is 90.2 cm³/mol. The van der Waals surface area contributed by atoms with Crippen molar-refractivity contribution in [3.8, 4) is 0 Å². The molecule has 1 amide bonds.